The second-order valence-corrected chi connectivity index (χ2v) is 10.9. The summed E-state index contributed by atoms with van der Waals surface area (Å²) < 4.78 is 10.6. The maximum atomic E-state index is 13.3. The first-order valence-electron chi connectivity index (χ1n) is 13.1. The number of carbonyl (C=O) groups excluding carboxylic acids is 3. The Hall–Kier alpha value is -3.35. The zero-order valence-electron chi connectivity index (χ0n) is 22.5. The molecule has 1 fully saturated rings. The molecule has 0 saturated carbocycles. The minimum absolute atomic E-state index is 0.0552. The zero-order valence-corrected chi connectivity index (χ0v) is 22.5. The molecule has 2 amide bonds. The molecule has 0 spiro atoms. The third-order valence-electron chi connectivity index (χ3n) is 6.67. The maximum absolute atomic E-state index is 13.3. The molecule has 0 aliphatic carbocycles. The van der Waals surface area contributed by atoms with E-state index in [-0.39, 0.29) is 48.0 Å². The van der Waals surface area contributed by atoms with Gasteiger partial charge in [0, 0.05) is 26.1 Å². The average Bonchev–Trinajstić information content (AvgIpc) is 2.88. The third-order valence-corrected chi connectivity index (χ3v) is 6.67. The number of benzene rings is 2. The lowest BCUT2D eigenvalue weighted by atomic mass is 9.79. The number of ether oxygens (including phenoxy) is 2. The molecule has 2 aromatic rings. The highest BCUT2D eigenvalue weighted by atomic mass is 16.5. The highest BCUT2D eigenvalue weighted by molar-refractivity contribution is 5.84. The summed E-state index contributed by atoms with van der Waals surface area (Å²) in [5, 5.41) is 2.92. The molecule has 1 N–H and O–H groups in total. The smallest absolute Gasteiger partial charge is 0.307 e. The molecular formula is C30H40N2O5. The lowest BCUT2D eigenvalue weighted by Crippen LogP contribution is -2.43. The first kappa shape index (κ1) is 28.2. The lowest BCUT2D eigenvalue weighted by molar-refractivity contribution is -0.140. The van der Waals surface area contributed by atoms with E-state index in [0.29, 0.717) is 26.1 Å². The predicted octanol–water partition coefficient (Wildman–Crippen LogP) is 4.70. The van der Waals surface area contributed by atoms with Crippen molar-refractivity contribution in [2.24, 2.45) is 11.3 Å². The Balaban J connectivity index is 1.68. The van der Waals surface area contributed by atoms with E-state index >= 15 is 0 Å². The van der Waals surface area contributed by atoms with Crippen molar-refractivity contribution in [3.63, 3.8) is 0 Å². The Morgan fingerprint density at radius 2 is 1.65 bits per heavy atom. The molecule has 1 saturated heterocycles. The van der Waals surface area contributed by atoms with Gasteiger partial charge < -0.3 is 19.7 Å². The topological polar surface area (TPSA) is 84.9 Å². The Morgan fingerprint density at radius 1 is 1.00 bits per heavy atom. The van der Waals surface area contributed by atoms with E-state index < -0.39 is 0 Å². The summed E-state index contributed by atoms with van der Waals surface area (Å²) in [6, 6.07) is 17.7. The summed E-state index contributed by atoms with van der Waals surface area (Å²) in [4.78, 5) is 39.5. The van der Waals surface area contributed by atoms with E-state index in [0.717, 1.165) is 29.7 Å². The summed E-state index contributed by atoms with van der Waals surface area (Å²) in [6.45, 7) is 8.19. The van der Waals surface area contributed by atoms with Crippen LogP contribution >= 0.6 is 0 Å². The maximum Gasteiger partial charge on any atom is 0.307 e. The molecule has 0 radical (unpaired) electrons. The first-order valence-corrected chi connectivity index (χ1v) is 13.1. The number of likely N-dealkylation sites (tertiary alicyclic amines) is 1. The minimum Gasteiger partial charge on any atom is -0.489 e. The number of hydrogen-bond donors (Lipinski definition) is 1. The second-order valence-electron chi connectivity index (χ2n) is 10.9. The van der Waals surface area contributed by atoms with Crippen LogP contribution in [0, 0.1) is 11.3 Å². The number of esters is 1. The van der Waals surface area contributed by atoms with Crippen LogP contribution < -0.4 is 10.1 Å². The molecule has 2 aromatic carbocycles. The van der Waals surface area contributed by atoms with Crippen LogP contribution in [0.4, 0.5) is 0 Å². The number of hydrogen-bond acceptors (Lipinski definition) is 5. The Labute approximate surface area is 220 Å². The van der Waals surface area contributed by atoms with Crippen LogP contribution in [0.1, 0.15) is 63.5 Å². The van der Waals surface area contributed by atoms with E-state index in [9.17, 15) is 14.4 Å². The number of rotatable bonds is 10. The van der Waals surface area contributed by atoms with E-state index in [1.54, 1.807) is 0 Å². The molecule has 1 aliphatic rings. The number of methoxy groups -OCH3 is 1. The molecule has 0 bridgehead atoms. The predicted molar refractivity (Wildman–Crippen MR) is 143 cm³/mol. The van der Waals surface area contributed by atoms with Crippen LogP contribution in [0.15, 0.2) is 54.6 Å². The van der Waals surface area contributed by atoms with Crippen molar-refractivity contribution >= 4 is 17.8 Å². The molecule has 0 aromatic heterocycles. The minimum atomic E-state index is -0.374. The molecule has 7 heteroatoms. The fourth-order valence-corrected chi connectivity index (χ4v) is 4.70. The quantitative estimate of drug-likeness (QED) is 0.470. The summed E-state index contributed by atoms with van der Waals surface area (Å²) in [5.74, 6) is 0.155. The van der Waals surface area contributed by atoms with Crippen LogP contribution in [0.2, 0.25) is 0 Å². The first-order chi connectivity index (χ1) is 17.7. The van der Waals surface area contributed by atoms with Crippen molar-refractivity contribution in [3.05, 3.63) is 65.7 Å². The van der Waals surface area contributed by atoms with Crippen molar-refractivity contribution in [1.29, 1.82) is 0 Å². The number of nitrogens with one attached hydrogen (secondary N) is 1. The van der Waals surface area contributed by atoms with Gasteiger partial charge in [-0.1, -0.05) is 63.2 Å². The number of carbonyl (C=O) groups is 3. The van der Waals surface area contributed by atoms with Crippen molar-refractivity contribution in [3.8, 4) is 5.75 Å². The van der Waals surface area contributed by atoms with Gasteiger partial charge in [0.15, 0.2) is 0 Å². The van der Waals surface area contributed by atoms with Crippen molar-refractivity contribution in [2.45, 2.75) is 59.0 Å². The molecular weight excluding hydrogens is 468 g/mol. The van der Waals surface area contributed by atoms with Gasteiger partial charge in [0.2, 0.25) is 11.8 Å². The molecule has 7 nitrogen and oxygen atoms in total. The van der Waals surface area contributed by atoms with E-state index in [1.807, 2.05) is 59.5 Å². The van der Waals surface area contributed by atoms with Gasteiger partial charge in [-0.25, -0.2) is 0 Å². The normalized spacial score (nSPS) is 15.1. The number of piperidine rings is 1. The van der Waals surface area contributed by atoms with Crippen molar-refractivity contribution < 1.29 is 23.9 Å². The van der Waals surface area contributed by atoms with E-state index in [1.165, 1.54) is 7.11 Å². The van der Waals surface area contributed by atoms with Gasteiger partial charge in [-0.15, -0.1) is 0 Å². The fraction of sp³-hybridized carbons (Fsp3) is 0.500. The summed E-state index contributed by atoms with van der Waals surface area (Å²) in [6.07, 6.45) is 2.13. The molecule has 200 valence electrons. The van der Waals surface area contributed by atoms with E-state index in [4.69, 9.17) is 4.74 Å². The van der Waals surface area contributed by atoms with Gasteiger partial charge in [-0.3, -0.25) is 14.4 Å². The monoisotopic (exact) mass is 508 g/mol. The van der Waals surface area contributed by atoms with Crippen molar-refractivity contribution in [2.75, 3.05) is 26.7 Å². The molecule has 1 aliphatic heterocycles. The fourth-order valence-electron chi connectivity index (χ4n) is 4.70. The Bertz CT molecular complexity index is 1020. The van der Waals surface area contributed by atoms with Crippen LogP contribution in [-0.4, -0.2) is 49.4 Å². The number of amides is 2. The second kappa shape index (κ2) is 13.3. The molecule has 3 rings (SSSR count). The van der Waals surface area contributed by atoms with E-state index in [2.05, 4.69) is 30.8 Å². The standard InChI is InChI=1S/C30H40N2O5/c1-30(2,3)20-26(33)32-18-15-24(16-19-32)28(29(35)31-17-14-27(34)36-4)23-10-12-25(13-11-23)37-21-22-8-6-5-7-9-22/h5-13,24,28H,14-21H2,1-4H3,(H,31,35)/t28-/m1/s1. The van der Waals surface area contributed by atoms with Crippen LogP contribution in [0.25, 0.3) is 0 Å². The summed E-state index contributed by atoms with van der Waals surface area (Å²) in [5.41, 5.74) is 1.93. The lowest BCUT2D eigenvalue weighted by Gasteiger charge is -2.36. The highest BCUT2D eigenvalue weighted by Crippen LogP contribution is 2.35. The van der Waals surface area contributed by atoms with Crippen LogP contribution in [-0.2, 0) is 25.7 Å². The average molecular weight is 509 g/mol. The molecule has 37 heavy (non-hydrogen) atoms. The SMILES string of the molecule is COC(=O)CCNC(=O)[C@H](c1ccc(OCc2ccccc2)cc1)C1CCN(C(=O)CC(C)(C)C)CC1. The summed E-state index contributed by atoms with van der Waals surface area (Å²) >= 11 is 0. The third kappa shape index (κ3) is 8.92. The largest absolute Gasteiger partial charge is 0.489 e. The Morgan fingerprint density at radius 3 is 2.24 bits per heavy atom. The Kier molecular flexibility index (Phi) is 10.1. The summed E-state index contributed by atoms with van der Waals surface area (Å²) in [7, 11) is 1.34. The van der Waals surface area contributed by atoms with Gasteiger partial charge in [-0.05, 0) is 47.4 Å². The zero-order chi connectivity index (χ0) is 26.8. The molecule has 0 unspecified atom stereocenters. The van der Waals surface area contributed by atoms with Gasteiger partial charge in [0.1, 0.15) is 12.4 Å². The van der Waals surface area contributed by atoms with Crippen molar-refractivity contribution in [1.82, 2.24) is 10.2 Å². The molecule has 1 heterocycles. The van der Waals surface area contributed by atoms with Crippen LogP contribution in [0.5, 0.6) is 5.75 Å². The number of nitrogens with zero attached hydrogens (tertiary/aromatic N) is 1. The molecule has 1 atom stereocenters. The van der Waals surface area contributed by atoms with Gasteiger partial charge in [-0.2, -0.15) is 0 Å². The van der Waals surface area contributed by atoms with Gasteiger partial charge in [0.05, 0.1) is 19.4 Å². The van der Waals surface area contributed by atoms with Gasteiger partial charge in [0.25, 0.3) is 0 Å². The van der Waals surface area contributed by atoms with Gasteiger partial charge >= 0.3 is 5.97 Å². The highest BCUT2D eigenvalue weighted by Gasteiger charge is 2.34. The van der Waals surface area contributed by atoms with Crippen LogP contribution in [0.3, 0.4) is 0 Å².